The van der Waals surface area contributed by atoms with Crippen LogP contribution in [0.3, 0.4) is 0 Å². The van der Waals surface area contributed by atoms with Crippen molar-refractivity contribution >= 4 is 5.97 Å². The van der Waals surface area contributed by atoms with Gasteiger partial charge in [-0.15, -0.1) is 0 Å². The Morgan fingerprint density at radius 3 is 3.00 bits per heavy atom. The number of carbonyl (C=O) groups is 1. The number of methoxy groups -OCH3 is 2. The van der Waals surface area contributed by atoms with Crippen molar-refractivity contribution in [2.45, 2.75) is 38.0 Å². The lowest BCUT2D eigenvalue weighted by Crippen LogP contribution is -2.36. The molecule has 0 aromatic carbocycles. The molecule has 1 saturated carbocycles. The van der Waals surface area contributed by atoms with Crippen LogP contribution in [0.15, 0.2) is 12.1 Å². The Morgan fingerprint density at radius 1 is 1.44 bits per heavy atom. The fourth-order valence-corrected chi connectivity index (χ4v) is 2.46. The lowest BCUT2D eigenvalue weighted by molar-refractivity contribution is 0.0594. The van der Waals surface area contributed by atoms with Crippen LogP contribution in [0.4, 0.5) is 0 Å². The minimum Gasteiger partial charge on any atom is -0.464 e. The molecule has 2 unspecified atom stereocenters. The maximum absolute atomic E-state index is 11.3. The van der Waals surface area contributed by atoms with Crippen molar-refractivity contribution in [2.24, 2.45) is 0 Å². The third-order valence-corrected chi connectivity index (χ3v) is 3.46. The molecular weight excluding hydrogens is 232 g/mol. The number of hydrogen-bond donors (Lipinski definition) is 2. The molecule has 2 atom stereocenters. The first-order valence-corrected chi connectivity index (χ1v) is 6.27. The van der Waals surface area contributed by atoms with Crippen molar-refractivity contribution in [1.29, 1.82) is 0 Å². The van der Waals surface area contributed by atoms with Gasteiger partial charge in [0.2, 0.25) is 0 Å². The molecule has 0 radical (unpaired) electrons. The van der Waals surface area contributed by atoms with E-state index < -0.39 is 0 Å². The second-order valence-corrected chi connectivity index (χ2v) is 4.58. The maximum atomic E-state index is 11.3. The van der Waals surface area contributed by atoms with E-state index in [1.807, 2.05) is 6.07 Å². The zero-order chi connectivity index (χ0) is 13.0. The van der Waals surface area contributed by atoms with E-state index in [2.05, 4.69) is 15.0 Å². The molecule has 100 valence electrons. The highest BCUT2D eigenvalue weighted by atomic mass is 16.5. The van der Waals surface area contributed by atoms with Gasteiger partial charge in [0.1, 0.15) is 5.69 Å². The van der Waals surface area contributed by atoms with Gasteiger partial charge in [0.15, 0.2) is 0 Å². The van der Waals surface area contributed by atoms with E-state index in [0.29, 0.717) is 24.4 Å². The van der Waals surface area contributed by atoms with Crippen LogP contribution in [0.25, 0.3) is 0 Å². The molecule has 0 aliphatic heterocycles. The number of hydrogen-bond acceptors (Lipinski definition) is 4. The SMILES string of the molecule is COC(=O)c1ccc(CNC2CCCC2OC)[nH]1. The van der Waals surface area contributed by atoms with E-state index in [1.165, 1.54) is 13.5 Å². The molecule has 0 amide bonds. The van der Waals surface area contributed by atoms with Crippen LogP contribution in [-0.2, 0) is 16.0 Å². The number of aromatic nitrogens is 1. The van der Waals surface area contributed by atoms with Crippen molar-refractivity contribution in [3.8, 4) is 0 Å². The topological polar surface area (TPSA) is 63.4 Å². The Hall–Kier alpha value is -1.33. The maximum Gasteiger partial charge on any atom is 0.354 e. The summed E-state index contributed by atoms with van der Waals surface area (Å²) in [6, 6.07) is 4.04. The highest BCUT2D eigenvalue weighted by molar-refractivity contribution is 5.87. The van der Waals surface area contributed by atoms with Crippen LogP contribution < -0.4 is 5.32 Å². The van der Waals surface area contributed by atoms with E-state index >= 15 is 0 Å². The van der Waals surface area contributed by atoms with Gasteiger partial charge in [0.05, 0.1) is 13.2 Å². The molecule has 1 aliphatic carbocycles. The fourth-order valence-electron chi connectivity index (χ4n) is 2.46. The number of carbonyl (C=O) groups excluding carboxylic acids is 1. The summed E-state index contributed by atoms with van der Waals surface area (Å²) in [6.45, 7) is 0.710. The predicted octanol–water partition coefficient (Wildman–Crippen LogP) is 1.46. The Morgan fingerprint density at radius 2 is 2.28 bits per heavy atom. The standard InChI is InChI=1S/C13H20N2O3/c1-17-12-5-3-4-10(12)14-8-9-6-7-11(15-9)13(16)18-2/h6-7,10,12,14-15H,3-5,8H2,1-2H3. The first-order valence-electron chi connectivity index (χ1n) is 6.27. The van der Waals surface area contributed by atoms with Gasteiger partial charge in [0.25, 0.3) is 0 Å². The Labute approximate surface area is 107 Å². The summed E-state index contributed by atoms with van der Waals surface area (Å²) in [5, 5.41) is 3.46. The summed E-state index contributed by atoms with van der Waals surface area (Å²) in [7, 11) is 3.14. The van der Waals surface area contributed by atoms with Crippen LogP contribution >= 0.6 is 0 Å². The summed E-state index contributed by atoms with van der Waals surface area (Å²) in [5.41, 5.74) is 1.47. The molecule has 1 fully saturated rings. The fraction of sp³-hybridized carbons (Fsp3) is 0.615. The molecule has 5 heteroatoms. The number of ether oxygens (including phenoxy) is 2. The van der Waals surface area contributed by atoms with Gasteiger partial charge in [-0.25, -0.2) is 4.79 Å². The summed E-state index contributed by atoms with van der Waals surface area (Å²) < 4.78 is 10.1. The van der Waals surface area contributed by atoms with Crippen LogP contribution in [0, 0.1) is 0 Å². The van der Waals surface area contributed by atoms with Gasteiger partial charge in [0, 0.05) is 25.4 Å². The van der Waals surface area contributed by atoms with E-state index in [9.17, 15) is 4.79 Å². The van der Waals surface area contributed by atoms with Crippen LogP contribution in [0.1, 0.15) is 35.4 Å². The monoisotopic (exact) mass is 252 g/mol. The quantitative estimate of drug-likeness (QED) is 0.779. The van der Waals surface area contributed by atoms with Crippen LogP contribution in [-0.4, -0.2) is 37.3 Å². The molecule has 2 N–H and O–H groups in total. The largest absolute Gasteiger partial charge is 0.464 e. The van der Waals surface area contributed by atoms with Gasteiger partial charge in [-0.05, 0) is 31.4 Å². The molecule has 1 aromatic rings. The van der Waals surface area contributed by atoms with Crippen molar-refractivity contribution in [3.63, 3.8) is 0 Å². The smallest absolute Gasteiger partial charge is 0.354 e. The van der Waals surface area contributed by atoms with E-state index in [4.69, 9.17) is 4.74 Å². The van der Waals surface area contributed by atoms with Crippen LogP contribution in [0.5, 0.6) is 0 Å². The summed E-state index contributed by atoms with van der Waals surface area (Å²) in [6.07, 6.45) is 3.77. The minimum atomic E-state index is -0.336. The Balaban J connectivity index is 1.86. The molecule has 0 spiro atoms. The molecule has 0 bridgehead atoms. The number of aromatic amines is 1. The van der Waals surface area contributed by atoms with Crippen molar-refractivity contribution in [1.82, 2.24) is 10.3 Å². The molecular formula is C13H20N2O3. The summed E-state index contributed by atoms with van der Waals surface area (Å²) >= 11 is 0. The molecule has 1 heterocycles. The third-order valence-electron chi connectivity index (χ3n) is 3.46. The summed E-state index contributed by atoms with van der Waals surface area (Å²) in [4.78, 5) is 14.3. The minimum absolute atomic E-state index is 0.306. The van der Waals surface area contributed by atoms with Gasteiger partial charge in [-0.3, -0.25) is 0 Å². The number of nitrogens with one attached hydrogen (secondary N) is 2. The highest BCUT2D eigenvalue weighted by Crippen LogP contribution is 2.21. The van der Waals surface area contributed by atoms with E-state index in [-0.39, 0.29) is 5.97 Å². The molecule has 5 nitrogen and oxygen atoms in total. The predicted molar refractivity (Wildman–Crippen MR) is 67.4 cm³/mol. The first-order chi connectivity index (χ1) is 8.74. The second-order valence-electron chi connectivity index (χ2n) is 4.58. The van der Waals surface area contributed by atoms with E-state index in [1.54, 1.807) is 13.2 Å². The molecule has 1 aromatic heterocycles. The average Bonchev–Trinajstić information content (AvgIpc) is 3.03. The first kappa shape index (κ1) is 13.1. The molecule has 0 saturated heterocycles. The Bertz CT molecular complexity index is 403. The average molecular weight is 252 g/mol. The van der Waals surface area contributed by atoms with Crippen molar-refractivity contribution in [2.75, 3.05) is 14.2 Å². The molecule has 18 heavy (non-hydrogen) atoms. The second kappa shape index (κ2) is 6.02. The van der Waals surface area contributed by atoms with Crippen LogP contribution in [0.2, 0.25) is 0 Å². The lowest BCUT2D eigenvalue weighted by atomic mass is 10.2. The number of rotatable bonds is 5. The zero-order valence-corrected chi connectivity index (χ0v) is 10.9. The number of esters is 1. The van der Waals surface area contributed by atoms with E-state index in [0.717, 1.165) is 18.5 Å². The molecule has 2 rings (SSSR count). The lowest BCUT2D eigenvalue weighted by Gasteiger charge is -2.19. The van der Waals surface area contributed by atoms with Gasteiger partial charge in [-0.2, -0.15) is 0 Å². The van der Waals surface area contributed by atoms with Crippen molar-refractivity contribution < 1.29 is 14.3 Å². The highest BCUT2D eigenvalue weighted by Gasteiger charge is 2.26. The number of H-pyrrole nitrogens is 1. The van der Waals surface area contributed by atoms with Crippen molar-refractivity contribution in [3.05, 3.63) is 23.5 Å². The third kappa shape index (κ3) is 2.91. The Kier molecular flexibility index (Phi) is 4.38. The van der Waals surface area contributed by atoms with Gasteiger partial charge in [-0.1, -0.05) is 0 Å². The molecule has 1 aliphatic rings. The van der Waals surface area contributed by atoms with Gasteiger partial charge < -0.3 is 19.8 Å². The summed E-state index contributed by atoms with van der Waals surface area (Å²) in [5.74, 6) is -0.336. The van der Waals surface area contributed by atoms with Gasteiger partial charge >= 0.3 is 5.97 Å². The normalized spacial score (nSPS) is 23.2. The zero-order valence-electron chi connectivity index (χ0n) is 10.9.